The Morgan fingerprint density at radius 3 is 2.20 bits per heavy atom. The van der Waals surface area contributed by atoms with Crippen molar-refractivity contribution in [2.75, 3.05) is 13.1 Å². The molecule has 1 rings (SSSR count). The van der Waals surface area contributed by atoms with E-state index >= 15 is 0 Å². The van der Waals surface area contributed by atoms with Gasteiger partial charge in [-0.1, -0.05) is 0 Å². The predicted molar refractivity (Wildman–Crippen MR) is 64.9 cm³/mol. The Morgan fingerprint density at radius 1 is 1.20 bits per heavy atom. The molecule has 0 bridgehead atoms. The van der Waals surface area contributed by atoms with Gasteiger partial charge in [-0.2, -0.15) is 0 Å². The molecule has 0 heterocycles. The number of nitrogens with zero attached hydrogens (tertiary/aromatic N) is 1. The van der Waals surface area contributed by atoms with Gasteiger partial charge in [0.2, 0.25) is 0 Å². The van der Waals surface area contributed by atoms with Gasteiger partial charge in [-0.05, 0) is 0 Å². The Hall–Kier alpha value is -0.791. The summed E-state index contributed by atoms with van der Waals surface area (Å²) in [5.41, 5.74) is 1.24. The summed E-state index contributed by atoms with van der Waals surface area (Å²) in [6.07, 6.45) is 0. The molecule has 0 aliphatic carbocycles. The van der Waals surface area contributed by atoms with Crippen molar-refractivity contribution in [3.8, 4) is 0 Å². The van der Waals surface area contributed by atoms with Gasteiger partial charge in [-0.15, -0.1) is 0 Å². The van der Waals surface area contributed by atoms with Gasteiger partial charge in [0.25, 0.3) is 0 Å². The molecule has 15 heavy (non-hydrogen) atoms. The number of rotatable bonds is 4. The molecule has 1 amide bonds. The van der Waals surface area contributed by atoms with E-state index in [0.717, 1.165) is 17.6 Å². The van der Waals surface area contributed by atoms with Crippen LogP contribution in [0.2, 0.25) is 0 Å². The molecule has 1 aromatic rings. The van der Waals surface area contributed by atoms with Crippen molar-refractivity contribution >= 4 is 24.2 Å². The van der Waals surface area contributed by atoms with Gasteiger partial charge in [-0.25, -0.2) is 0 Å². The van der Waals surface area contributed by atoms with E-state index in [9.17, 15) is 4.79 Å². The third-order valence-electron chi connectivity index (χ3n) is 2.25. The van der Waals surface area contributed by atoms with Crippen molar-refractivity contribution in [3.05, 3.63) is 29.8 Å². The topological polar surface area (TPSA) is 20.3 Å². The molecule has 2 nitrogen and oxygen atoms in total. The second-order valence-corrected chi connectivity index (χ2v) is 5.50. The standard InChI is InChI=1S/C12H17NOSe/c1-4-13(5-2)12(14)15-11-8-6-10(3)7-9-11/h6-9H,4-5H2,1-3H3. The number of carbonyl (C=O) groups is 1. The SMILES string of the molecule is CCN(CC)C(=O)[Se]c1ccc(C)cc1. The van der Waals surface area contributed by atoms with Crippen LogP contribution >= 0.6 is 0 Å². The average molecular weight is 270 g/mol. The molecule has 82 valence electrons. The quantitative estimate of drug-likeness (QED) is 0.764. The summed E-state index contributed by atoms with van der Waals surface area (Å²) in [5.74, 6) is 0. The molecule has 0 radical (unpaired) electrons. The van der Waals surface area contributed by atoms with Gasteiger partial charge in [-0.3, -0.25) is 0 Å². The van der Waals surface area contributed by atoms with Crippen molar-refractivity contribution < 1.29 is 4.79 Å². The normalized spacial score (nSPS) is 10.1. The summed E-state index contributed by atoms with van der Waals surface area (Å²) in [5, 5.41) is 0. The first-order valence-electron chi connectivity index (χ1n) is 5.20. The molecule has 0 aliphatic heterocycles. The average Bonchev–Trinajstić information content (AvgIpc) is 2.23. The van der Waals surface area contributed by atoms with Crippen LogP contribution in [-0.4, -0.2) is 37.8 Å². The second kappa shape index (κ2) is 5.94. The molecule has 0 aromatic heterocycles. The molecule has 0 fully saturated rings. The van der Waals surface area contributed by atoms with Crippen molar-refractivity contribution in [3.63, 3.8) is 0 Å². The zero-order valence-corrected chi connectivity index (χ0v) is 11.2. The molecule has 3 heteroatoms. The fourth-order valence-electron chi connectivity index (χ4n) is 1.25. The van der Waals surface area contributed by atoms with Gasteiger partial charge in [0.05, 0.1) is 0 Å². The molecule has 0 aliphatic rings. The fraction of sp³-hybridized carbons (Fsp3) is 0.417. The Balaban J connectivity index is 2.61. The van der Waals surface area contributed by atoms with Crippen LogP contribution in [0.15, 0.2) is 24.3 Å². The summed E-state index contributed by atoms with van der Waals surface area (Å²) in [6, 6.07) is 8.23. The third kappa shape index (κ3) is 3.69. The molecular formula is C12H17NOSe. The maximum atomic E-state index is 11.8. The Kier molecular flexibility index (Phi) is 4.86. The molecule has 0 N–H and O–H groups in total. The minimum atomic E-state index is -0.0697. The summed E-state index contributed by atoms with van der Waals surface area (Å²) in [6.45, 7) is 7.72. The number of carbonyl (C=O) groups excluding carboxylic acids is 1. The Morgan fingerprint density at radius 2 is 1.73 bits per heavy atom. The van der Waals surface area contributed by atoms with E-state index in [-0.39, 0.29) is 19.8 Å². The number of benzene rings is 1. The maximum absolute atomic E-state index is 11.8. The molecular weight excluding hydrogens is 253 g/mol. The van der Waals surface area contributed by atoms with E-state index < -0.39 is 0 Å². The van der Waals surface area contributed by atoms with Crippen molar-refractivity contribution in [2.24, 2.45) is 0 Å². The van der Waals surface area contributed by atoms with Crippen LogP contribution in [0.3, 0.4) is 0 Å². The van der Waals surface area contributed by atoms with E-state index in [1.54, 1.807) is 0 Å². The second-order valence-electron chi connectivity index (χ2n) is 3.35. The van der Waals surface area contributed by atoms with Crippen LogP contribution in [0.1, 0.15) is 19.4 Å². The van der Waals surface area contributed by atoms with Gasteiger partial charge in [0.1, 0.15) is 0 Å². The van der Waals surface area contributed by atoms with Crippen LogP contribution < -0.4 is 4.46 Å². The van der Waals surface area contributed by atoms with Gasteiger partial charge in [0, 0.05) is 0 Å². The molecule has 0 saturated carbocycles. The molecule has 0 saturated heterocycles. The predicted octanol–water partition coefficient (Wildman–Crippen LogP) is 1.79. The van der Waals surface area contributed by atoms with Crippen LogP contribution in [0.4, 0.5) is 4.79 Å². The Labute approximate surface area is 97.8 Å². The van der Waals surface area contributed by atoms with E-state index in [0.29, 0.717) is 0 Å². The molecule has 0 unspecified atom stereocenters. The minimum absolute atomic E-state index is 0.0697. The van der Waals surface area contributed by atoms with Crippen LogP contribution in [-0.2, 0) is 0 Å². The van der Waals surface area contributed by atoms with Crippen molar-refractivity contribution in [2.45, 2.75) is 20.8 Å². The zero-order chi connectivity index (χ0) is 11.3. The summed E-state index contributed by atoms with van der Waals surface area (Å²) < 4.78 is 1.16. The number of aryl methyl sites for hydroxylation is 1. The molecule has 0 atom stereocenters. The first-order valence-corrected chi connectivity index (χ1v) is 6.92. The number of hydrogen-bond acceptors (Lipinski definition) is 1. The zero-order valence-electron chi connectivity index (χ0n) is 9.49. The monoisotopic (exact) mass is 271 g/mol. The van der Waals surface area contributed by atoms with Crippen LogP contribution in [0.25, 0.3) is 0 Å². The fourth-order valence-corrected chi connectivity index (χ4v) is 3.06. The third-order valence-corrected chi connectivity index (χ3v) is 4.22. The van der Waals surface area contributed by atoms with Gasteiger partial charge >= 0.3 is 97.6 Å². The number of hydrogen-bond donors (Lipinski definition) is 0. The first-order chi connectivity index (χ1) is 7.17. The summed E-state index contributed by atoms with van der Waals surface area (Å²) in [7, 11) is 0. The summed E-state index contributed by atoms with van der Waals surface area (Å²) >= 11 is -0.0697. The van der Waals surface area contributed by atoms with E-state index in [4.69, 9.17) is 0 Å². The van der Waals surface area contributed by atoms with Crippen molar-refractivity contribution in [1.82, 2.24) is 4.90 Å². The van der Waals surface area contributed by atoms with E-state index in [1.807, 2.05) is 18.7 Å². The molecule has 0 spiro atoms. The molecule has 1 aromatic carbocycles. The van der Waals surface area contributed by atoms with Crippen LogP contribution in [0, 0.1) is 6.92 Å². The summed E-state index contributed by atoms with van der Waals surface area (Å²) in [4.78, 5) is 14.0. The van der Waals surface area contributed by atoms with Crippen molar-refractivity contribution in [1.29, 1.82) is 0 Å². The van der Waals surface area contributed by atoms with Gasteiger partial charge < -0.3 is 0 Å². The Bertz CT molecular complexity index is 317. The first kappa shape index (κ1) is 12.3. The number of amides is 1. The van der Waals surface area contributed by atoms with E-state index in [1.165, 1.54) is 5.56 Å². The van der Waals surface area contributed by atoms with Crippen LogP contribution in [0.5, 0.6) is 0 Å². The van der Waals surface area contributed by atoms with Gasteiger partial charge in [0.15, 0.2) is 0 Å². The van der Waals surface area contributed by atoms with E-state index in [2.05, 4.69) is 31.2 Å².